The number of pyridine rings is 1. The molecule has 0 unspecified atom stereocenters. The van der Waals surface area contributed by atoms with Crippen molar-refractivity contribution in [2.75, 3.05) is 5.32 Å². The lowest BCUT2D eigenvalue weighted by Gasteiger charge is -2.12. The van der Waals surface area contributed by atoms with Crippen molar-refractivity contribution in [3.05, 3.63) is 24.0 Å². The number of aryl methyl sites for hydroxylation is 1. The van der Waals surface area contributed by atoms with E-state index in [2.05, 4.69) is 10.3 Å². The highest BCUT2D eigenvalue weighted by atomic mass is 16.1. The number of anilines is 1. The van der Waals surface area contributed by atoms with Crippen LogP contribution in [0.25, 0.3) is 0 Å². The first kappa shape index (κ1) is 11.7. The van der Waals surface area contributed by atoms with Crippen molar-refractivity contribution in [3.8, 4) is 0 Å². The molecule has 1 aromatic heterocycles. The van der Waals surface area contributed by atoms with Crippen LogP contribution in [0, 0.1) is 12.8 Å². The summed E-state index contributed by atoms with van der Waals surface area (Å²) >= 11 is 0. The zero-order valence-electron chi connectivity index (χ0n) is 9.58. The van der Waals surface area contributed by atoms with Crippen LogP contribution in [0.15, 0.2) is 18.5 Å². The number of aromatic nitrogens is 1. The van der Waals surface area contributed by atoms with Crippen LogP contribution >= 0.6 is 0 Å². The van der Waals surface area contributed by atoms with Gasteiger partial charge in [0.05, 0.1) is 11.9 Å². The lowest BCUT2D eigenvalue weighted by molar-refractivity contribution is -0.120. The van der Waals surface area contributed by atoms with Gasteiger partial charge in [-0.2, -0.15) is 0 Å². The van der Waals surface area contributed by atoms with E-state index in [-0.39, 0.29) is 11.8 Å². The summed E-state index contributed by atoms with van der Waals surface area (Å²) in [4.78, 5) is 15.8. The lowest BCUT2D eigenvalue weighted by atomic mass is 10.0. The van der Waals surface area contributed by atoms with E-state index in [1.54, 1.807) is 12.4 Å². The molecule has 0 saturated heterocycles. The molecule has 0 atom stereocenters. The molecule has 0 radical (unpaired) electrons. The van der Waals surface area contributed by atoms with Gasteiger partial charge in [-0.05, 0) is 31.4 Å². The molecule has 0 fully saturated rings. The maximum absolute atomic E-state index is 11.7. The van der Waals surface area contributed by atoms with Crippen molar-refractivity contribution in [1.29, 1.82) is 0 Å². The first-order valence-corrected chi connectivity index (χ1v) is 5.39. The summed E-state index contributed by atoms with van der Waals surface area (Å²) in [7, 11) is 0. The first-order chi connectivity index (χ1) is 7.17. The Kier molecular flexibility index (Phi) is 4.28. The summed E-state index contributed by atoms with van der Waals surface area (Å²) in [5.41, 5.74) is 1.84. The largest absolute Gasteiger partial charge is 0.324 e. The van der Waals surface area contributed by atoms with Gasteiger partial charge in [-0.15, -0.1) is 0 Å². The fourth-order valence-electron chi connectivity index (χ4n) is 1.53. The number of amides is 1. The molecule has 0 saturated carbocycles. The van der Waals surface area contributed by atoms with Crippen molar-refractivity contribution in [2.45, 2.75) is 33.6 Å². The van der Waals surface area contributed by atoms with Gasteiger partial charge in [-0.25, -0.2) is 0 Å². The molecular weight excluding hydrogens is 188 g/mol. The minimum Gasteiger partial charge on any atom is -0.324 e. The Morgan fingerprint density at radius 3 is 2.60 bits per heavy atom. The summed E-state index contributed by atoms with van der Waals surface area (Å²) in [6, 6.07) is 1.92. The normalized spacial score (nSPS) is 10.4. The van der Waals surface area contributed by atoms with Crippen LogP contribution in [-0.2, 0) is 4.79 Å². The number of hydrogen-bond acceptors (Lipinski definition) is 2. The third-order valence-corrected chi connectivity index (χ3v) is 2.50. The Hall–Kier alpha value is -1.38. The third kappa shape index (κ3) is 3.35. The zero-order valence-corrected chi connectivity index (χ0v) is 9.58. The number of hydrogen-bond donors (Lipinski definition) is 1. The molecule has 0 aliphatic heterocycles. The maximum Gasteiger partial charge on any atom is 0.227 e. The number of nitrogens with one attached hydrogen (secondary N) is 1. The van der Waals surface area contributed by atoms with Crippen molar-refractivity contribution in [2.24, 2.45) is 5.92 Å². The van der Waals surface area contributed by atoms with E-state index in [0.717, 1.165) is 24.1 Å². The zero-order chi connectivity index (χ0) is 11.3. The highest BCUT2D eigenvalue weighted by molar-refractivity contribution is 5.92. The average molecular weight is 206 g/mol. The Labute approximate surface area is 90.9 Å². The Morgan fingerprint density at radius 1 is 1.40 bits per heavy atom. The molecule has 3 nitrogen and oxygen atoms in total. The van der Waals surface area contributed by atoms with E-state index in [1.807, 2.05) is 26.8 Å². The summed E-state index contributed by atoms with van der Waals surface area (Å²) in [6.45, 7) is 6.02. The van der Waals surface area contributed by atoms with E-state index in [1.165, 1.54) is 0 Å². The molecule has 15 heavy (non-hydrogen) atoms. The van der Waals surface area contributed by atoms with E-state index in [4.69, 9.17) is 0 Å². The fourth-order valence-corrected chi connectivity index (χ4v) is 1.53. The highest BCUT2D eigenvalue weighted by Gasteiger charge is 2.13. The van der Waals surface area contributed by atoms with Crippen LogP contribution in [0.5, 0.6) is 0 Å². The van der Waals surface area contributed by atoms with Crippen molar-refractivity contribution in [3.63, 3.8) is 0 Å². The Bertz CT molecular complexity index is 332. The van der Waals surface area contributed by atoms with Crippen LogP contribution < -0.4 is 5.32 Å². The molecule has 1 rings (SSSR count). The van der Waals surface area contributed by atoms with Crippen molar-refractivity contribution < 1.29 is 4.79 Å². The summed E-state index contributed by atoms with van der Waals surface area (Å²) in [6.07, 6.45) is 5.20. The van der Waals surface area contributed by atoms with Crippen LogP contribution in [-0.4, -0.2) is 10.9 Å². The molecule has 82 valence electrons. The molecule has 0 bridgehead atoms. The minimum absolute atomic E-state index is 0.0902. The molecule has 0 aromatic carbocycles. The van der Waals surface area contributed by atoms with E-state index >= 15 is 0 Å². The molecule has 0 aliphatic carbocycles. The van der Waals surface area contributed by atoms with Crippen LogP contribution in [0.1, 0.15) is 32.3 Å². The fraction of sp³-hybridized carbons (Fsp3) is 0.500. The molecule has 1 aromatic rings. The predicted octanol–water partition coefficient (Wildman–Crippen LogP) is 2.76. The van der Waals surface area contributed by atoms with Crippen molar-refractivity contribution in [1.82, 2.24) is 4.98 Å². The number of carbonyl (C=O) groups excluding carboxylic acids is 1. The molecule has 1 N–H and O–H groups in total. The molecule has 0 aliphatic rings. The van der Waals surface area contributed by atoms with Gasteiger partial charge < -0.3 is 5.32 Å². The standard InChI is InChI=1S/C12H18N2O/c1-4-10(5-2)12(15)14-11-6-9(3)7-13-8-11/h6-8,10H,4-5H2,1-3H3,(H,14,15). The van der Waals surface area contributed by atoms with E-state index < -0.39 is 0 Å². The van der Waals surface area contributed by atoms with Gasteiger partial charge in [0.15, 0.2) is 0 Å². The third-order valence-electron chi connectivity index (χ3n) is 2.50. The second-order valence-corrected chi connectivity index (χ2v) is 3.75. The van der Waals surface area contributed by atoms with Gasteiger partial charge in [0.1, 0.15) is 0 Å². The van der Waals surface area contributed by atoms with Crippen LogP contribution in [0.3, 0.4) is 0 Å². The van der Waals surface area contributed by atoms with Gasteiger partial charge in [-0.3, -0.25) is 9.78 Å². The highest BCUT2D eigenvalue weighted by Crippen LogP contribution is 2.13. The number of rotatable bonds is 4. The van der Waals surface area contributed by atoms with Crippen LogP contribution in [0.4, 0.5) is 5.69 Å². The summed E-state index contributed by atoms with van der Waals surface area (Å²) < 4.78 is 0. The second kappa shape index (κ2) is 5.49. The smallest absolute Gasteiger partial charge is 0.227 e. The van der Waals surface area contributed by atoms with Crippen molar-refractivity contribution >= 4 is 11.6 Å². The van der Waals surface area contributed by atoms with Gasteiger partial charge in [0.2, 0.25) is 5.91 Å². The van der Waals surface area contributed by atoms with Gasteiger partial charge in [-0.1, -0.05) is 13.8 Å². The molecule has 1 heterocycles. The quantitative estimate of drug-likeness (QED) is 0.823. The monoisotopic (exact) mass is 206 g/mol. The maximum atomic E-state index is 11.7. The minimum atomic E-state index is 0.0902. The number of nitrogens with zero attached hydrogens (tertiary/aromatic N) is 1. The summed E-state index contributed by atoms with van der Waals surface area (Å²) in [5.74, 6) is 0.193. The van der Waals surface area contributed by atoms with E-state index in [9.17, 15) is 4.79 Å². The SMILES string of the molecule is CCC(CC)C(=O)Nc1cncc(C)c1. The lowest BCUT2D eigenvalue weighted by Crippen LogP contribution is -2.21. The topological polar surface area (TPSA) is 42.0 Å². The Balaban J connectivity index is 2.65. The second-order valence-electron chi connectivity index (χ2n) is 3.75. The average Bonchev–Trinajstić information content (AvgIpc) is 2.19. The molecule has 1 amide bonds. The molecule has 3 heteroatoms. The predicted molar refractivity (Wildman–Crippen MR) is 61.7 cm³/mol. The van der Waals surface area contributed by atoms with Gasteiger partial charge >= 0.3 is 0 Å². The molecule has 0 spiro atoms. The first-order valence-electron chi connectivity index (χ1n) is 5.39. The summed E-state index contributed by atoms with van der Waals surface area (Å²) in [5, 5.41) is 2.88. The number of carbonyl (C=O) groups is 1. The van der Waals surface area contributed by atoms with Crippen LogP contribution in [0.2, 0.25) is 0 Å². The van der Waals surface area contributed by atoms with Gasteiger partial charge in [0.25, 0.3) is 0 Å². The van der Waals surface area contributed by atoms with E-state index in [0.29, 0.717) is 0 Å². The Morgan fingerprint density at radius 2 is 2.07 bits per heavy atom. The van der Waals surface area contributed by atoms with Gasteiger partial charge in [0, 0.05) is 12.1 Å². The molecular formula is C12H18N2O.